The van der Waals surface area contributed by atoms with E-state index in [0.717, 1.165) is 24.2 Å². The van der Waals surface area contributed by atoms with Crippen LogP contribution in [-0.2, 0) is 12.0 Å². The van der Waals surface area contributed by atoms with E-state index in [1.54, 1.807) is 0 Å². The molecule has 1 aromatic heterocycles. The first-order valence-corrected chi connectivity index (χ1v) is 6.86. The zero-order valence-electron chi connectivity index (χ0n) is 11.9. The van der Waals surface area contributed by atoms with Crippen LogP contribution in [0.3, 0.4) is 0 Å². The second-order valence-corrected chi connectivity index (χ2v) is 6.04. The number of rotatable bonds is 5. The number of nitrogens with zero attached hydrogens (tertiary/aromatic N) is 1. The van der Waals surface area contributed by atoms with Crippen LogP contribution in [0, 0.1) is 0 Å². The molecule has 1 aliphatic rings. The first-order chi connectivity index (χ1) is 8.49. The minimum atomic E-state index is 0.0570. The van der Waals surface area contributed by atoms with Crippen LogP contribution in [0.1, 0.15) is 51.8 Å². The number of ether oxygens (including phenoxy) is 1. The molecule has 1 aromatic rings. The molecule has 1 heterocycles. The predicted molar refractivity (Wildman–Crippen MR) is 74.0 cm³/mol. The summed E-state index contributed by atoms with van der Waals surface area (Å²) < 4.78 is 5.57. The van der Waals surface area contributed by atoms with E-state index in [0.29, 0.717) is 6.61 Å². The molecule has 3 nitrogen and oxygen atoms in total. The van der Waals surface area contributed by atoms with E-state index in [9.17, 15) is 0 Å². The third-order valence-electron chi connectivity index (χ3n) is 3.09. The van der Waals surface area contributed by atoms with Gasteiger partial charge in [-0.05, 0) is 31.4 Å². The molecule has 0 unspecified atom stereocenters. The topological polar surface area (TPSA) is 34.1 Å². The van der Waals surface area contributed by atoms with E-state index in [1.165, 1.54) is 18.4 Å². The molecule has 0 aliphatic heterocycles. The van der Waals surface area contributed by atoms with E-state index in [2.05, 4.69) is 37.1 Å². The molecule has 1 saturated carbocycles. The summed E-state index contributed by atoms with van der Waals surface area (Å²) in [5.74, 6) is 0.748. The van der Waals surface area contributed by atoms with Crippen LogP contribution < -0.4 is 10.1 Å². The highest BCUT2D eigenvalue weighted by molar-refractivity contribution is 5.28. The number of pyridine rings is 1. The maximum Gasteiger partial charge on any atom is 0.213 e. The molecule has 0 amide bonds. The van der Waals surface area contributed by atoms with Gasteiger partial charge in [-0.2, -0.15) is 0 Å². The number of hydrogen-bond acceptors (Lipinski definition) is 3. The van der Waals surface area contributed by atoms with Gasteiger partial charge in [0.1, 0.15) is 0 Å². The molecule has 1 N–H and O–H groups in total. The highest BCUT2D eigenvalue weighted by Crippen LogP contribution is 2.25. The van der Waals surface area contributed by atoms with Crippen LogP contribution in [0.5, 0.6) is 5.88 Å². The monoisotopic (exact) mass is 248 g/mol. The van der Waals surface area contributed by atoms with Gasteiger partial charge in [0, 0.05) is 24.1 Å². The Balaban J connectivity index is 2.17. The molecular formula is C15H24N2O. The minimum Gasteiger partial charge on any atom is -0.478 e. The van der Waals surface area contributed by atoms with E-state index in [4.69, 9.17) is 4.74 Å². The van der Waals surface area contributed by atoms with Gasteiger partial charge in [0.25, 0.3) is 0 Å². The van der Waals surface area contributed by atoms with Gasteiger partial charge in [-0.1, -0.05) is 20.8 Å². The summed E-state index contributed by atoms with van der Waals surface area (Å²) in [4.78, 5) is 4.59. The van der Waals surface area contributed by atoms with Crippen molar-refractivity contribution in [2.24, 2.45) is 0 Å². The Labute approximate surface area is 110 Å². The lowest BCUT2D eigenvalue weighted by Crippen LogP contribution is -2.18. The lowest BCUT2D eigenvalue weighted by molar-refractivity contribution is 0.323. The summed E-state index contributed by atoms with van der Waals surface area (Å²) in [6.45, 7) is 10.1. The molecule has 2 rings (SSSR count). The highest BCUT2D eigenvalue weighted by Gasteiger charge is 2.21. The largest absolute Gasteiger partial charge is 0.478 e. The number of nitrogens with one attached hydrogen (secondary N) is 1. The Morgan fingerprint density at radius 2 is 2.06 bits per heavy atom. The first-order valence-electron chi connectivity index (χ1n) is 6.86. The van der Waals surface area contributed by atoms with Gasteiger partial charge in [0.15, 0.2) is 0 Å². The summed E-state index contributed by atoms with van der Waals surface area (Å²) in [5.41, 5.74) is 2.42. The summed E-state index contributed by atoms with van der Waals surface area (Å²) >= 11 is 0. The van der Waals surface area contributed by atoms with E-state index in [1.807, 2.05) is 13.0 Å². The second-order valence-electron chi connectivity index (χ2n) is 6.04. The molecule has 1 aliphatic carbocycles. The lowest BCUT2D eigenvalue weighted by Gasteiger charge is -2.20. The standard InChI is InChI=1S/C15H24N2O/c1-5-18-14-9-11(10-16-12-6-7-12)8-13(17-14)15(2,3)4/h8-9,12,16H,5-7,10H2,1-4H3. The van der Waals surface area contributed by atoms with E-state index < -0.39 is 0 Å². The smallest absolute Gasteiger partial charge is 0.213 e. The van der Waals surface area contributed by atoms with Crippen LogP contribution in [0.4, 0.5) is 0 Å². The van der Waals surface area contributed by atoms with Crippen molar-refractivity contribution in [2.75, 3.05) is 6.61 Å². The molecule has 0 spiro atoms. The molecule has 1 fully saturated rings. The molecule has 0 atom stereocenters. The van der Waals surface area contributed by atoms with Crippen LogP contribution in [0.25, 0.3) is 0 Å². The van der Waals surface area contributed by atoms with Crippen molar-refractivity contribution in [3.63, 3.8) is 0 Å². The molecule has 3 heteroatoms. The van der Waals surface area contributed by atoms with Gasteiger partial charge < -0.3 is 10.1 Å². The zero-order valence-corrected chi connectivity index (χ0v) is 11.9. The summed E-state index contributed by atoms with van der Waals surface area (Å²) in [7, 11) is 0. The summed E-state index contributed by atoms with van der Waals surface area (Å²) in [5, 5.41) is 3.54. The van der Waals surface area contributed by atoms with Gasteiger partial charge in [0.05, 0.1) is 12.3 Å². The molecule has 18 heavy (non-hydrogen) atoms. The van der Waals surface area contributed by atoms with Crippen LogP contribution in [-0.4, -0.2) is 17.6 Å². The Morgan fingerprint density at radius 1 is 1.33 bits per heavy atom. The minimum absolute atomic E-state index is 0.0570. The van der Waals surface area contributed by atoms with Crippen molar-refractivity contribution in [3.8, 4) is 5.88 Å². The lowest BCUT2D eigenvalue weighted by atomic mass is 9.91. The molecule has 0 bridgehead atoms. The SMILES string of the molecule is CCOc1cc(CNC2CC2)cc(C(C)(C)C)n1. The van der Waals surface area contributed by atoms with E-state index >= 15 is 0 Å². The Bertz CT molecular complexity index is 405. The third kappa shape index (κ3) is 3.70. The second kappa shape index (κ2) is 5.27. The maximum absolute atomic E-state index is 5.57. The zero-order chi connectivity index (χ0) is 13.2. The number of aromatic nitrogens is 1. The van der Waals surface area contributed by atoms with Crippen LogP contribution >= 0.6 is 0 Å². The van der Waals surface area contributed by atoms with Gasteiger partial charge >= 0.3 is 0 Å². The fourth-order valence-electron chi connectivity index (χ4n) is 1.82. The Kier molecular flexibility index (Phi) is 3.91. The quantitative estimate of drug-likeness (QED) is 0.869. The average molecular weight is 248 g/mol. The first kappa shape index (κ1) is 13.3. The van der Waals surface area contributed by atoms with Crippen molar-refractivity contribution < 1.29 is 4.74 Å². The van der Waals surface area contributed by atoms with Crippen molar-refractivity contribution in [1.82, 2.24) is 10.3 Å². The van der Waals surface area contributed by atoms with Gasteiger partial charge in [-0.25, -0.2) is 4.98 Å². The van der Waals surface area contributed by atoms with Crippen LogP contribution in [0.2, 0.25) is 0 Å². The molecular weight excluding hydrogens is 224 g/mol. The average Bonchev–Trinajstić information content (AvgIpc) is 3.09. The Morgan fingerprint density at radius 3 is 2.61 bits per heavy atom. The molecule has 0 radical (unpaired) electrons. The van der Waals surface area contributed by atoms with Crippen molar-refractivity contribution in [3.05, 3.63) is 23.4 Å². The fourth-order valence-corrected chi connectivity index (χ4v) is 1.82. The molecule has 0 saturated heterocycles. The number of hydrogen-bond donors (Lipinski definition) is 1. The highest BCUT2D eigenvalue weighted by atomic mass is 16.5. The van der Waals surface area contributed by atoms with Crippen molar-refractivity contribution >= 4 is 0 Å². The fraction of sp³-hybridized carbons (Fsp3) is 0.667. The summed E-state index contributed by atoms with van der Waals surface area (Å²) in [6.07, 6.45) is 2.63. The molecule has 100 valence electrons. The Hall–Kier alpha value is -1.09. The molecule has 0 aromatic carbocycles. The predicted octanol–water partition coefficient (Wildman–Crippen LogP) is 3.03. The maximum atomic E-state index is 5.57. The van der Waals surface area contributed by atoms with Crippen LogP contribution in [0.15, 0.2) is 12.1 Å². The third-order valence-corrected chi connectivity index (χ3v) is 3.09. The van der Waals surface area contributed by atoms with Crippen molar-refractivity contribution in [1.29, 1.82) is 0 Å². The van der Waals surface area contributed by atoms with Gasteiger partial charge in [0.2, 0.25) is 5.88 Å². The van der Waals surface area contributed by atoms with Gasteiger partial charge in [-0.3, -0.25) is 0 Å². The van der Waals surface area contributed by atoms with E-state index in [-0.39, 0.29) is 5.41 Å². The normalized spacial score (nSPS) is 15.8. The summed E-state index contributed by atoms with van der Waals surface area (Å²) in [6, 6.07) is 4.97. The van der Waals surface area contributed by atoms with Crippen molar-refractivity contribution in [2.45, 2.75) is 58.5 Å². The van der Waals surface area contributed by atoms with Gasteiger partial charge in [-0.15, -0.1) is 0 Å².